The van der Waals surface area contributed by atoms with Crippen LogP contribution in [-0.2, 0) is 11.2 Å². The van der Waals surface area contributed by atoms with Crippen molar-refractivity contribution in [2.24, 2.45) is 0 Å². The topological polar surface area (TPSA) is 99.8 Å². The monoisotopic (exact) mass is 453 g/mol. The van der Waals surface area contributed by atoms with Gasteiger partial charge in [0.05, 0.1) is 19.2 Å². The van der Waals surface area contributed by atoms with Crippen LogP contribution in [0.5, 0.6) is 11.5 Å². The molecule has 0 unspecified atom stereocenters. The van der Waals surface area contributed by atoms with Crippen LogP contribution in [0.3, 0.4) is 0 Å². The highest BCUT2D eigenvalue weighted by atomic mass is 35.5. The number of rotatable bonds is 7. The van der Waals surface area contributed by atoms with Gasteiger partial charge in [-0.2, -0.15) is 0 Å². The number of hydrogen-bond donors (Lipinski definition) is 1. The fourth-order valence-electron chi connectivity index (χ4n) is 3.24. The first-order valence-electron chi connectivity index (χ1n) is 9.73. The van der Waals surface area contributed by atoms with E-state index in [0.29, 0.717) is 40.1 Å². The third-order valence-electron chi connectivity index (χ3n) is 4.90. The van der Waals surface area contributed by atoms with Gasteiger partial charge in [-0.3, -0.25) is 18.6 Å². The number of anilines is 1. The average Bonchev–Trinajstić information content (AvgIpc) is 3.22. The summed E-state index contributed by atoms with van der Waals surface area (Å²) in [6.45, 7) is 0. The van der Waals surface area contributed by atoms with Crippen molar-refractivity contribution in [3.63, 3.8) is 0 Å². The molecule has 0 aliphatic rings. The number of nitrogens with zero attached hydrogens (tertiary/aromatic N) is 4. The first-order valence-corrected chi connectivity index (χ1v) is 10.1. The second-order valence-corrected chi connectivity index (χ2v) is 7.29. The summed E-state index contributed by atoms with van der Waals surface area (Å²) < 4.78 is 13.3. The predicted octanol–water partition coefficient (Wildman–Crippen LogP) is 3.12. The Morgan fingerprint density at radius 1 is 1.06 bits per heavy atom. The summed E-state index contributed by atoms with van der Waals surface area (Å²) in [5.41, 5.74) is 1.11. The van der Waals surface area contributed by atoms with E-state index >= 15 is 0 Å². The van der Waals surface area contributed by atoms with Gasteiger partial charge in [0.15, 0.2) is 0 Å². The number of nitrogens with one attached hydrogen (secondary N) is 1. The second kappa shape index (κ2) is 9.11. The number of fused-ring (bicyclic) bond motifs is 1. The lowest BCUT2D eigenvalue weighted by Crippen LogP contribution is -2.20. The average molecular weight is 454 g/mol. The van der Waals surface area contributed by atoms with E-state index in [9.17, 15) is 9.59 Å². The van der Waals surface area contributed by atoms with E-state index in [1.807, 2.05) is 0 Å². The number of carbonyl (C=O) groups is 1. The number of carbonyl (C=O) groups excluding carboxylic acids is 1. The molecule has 2 aromatic carbocycles. The highest BCUT2D eigenvalue weighted by molar-refractivity contribution is 6.32. The van der Waals surface area contributed by atoms with Gasteiger partial charge >= 0.3 is 5.56 Å². The van der Waals surface area contributed by atoms with E-state index in [1.165, 1.54) is 11.7 Å². The maximum absolute atomic E-state index is 12.9. The Hall–Kier alpha value is -3.85. The van der Waals surface area contributed by atoms with Gasteiger partial charge in [-0.25, -0.2) is 0 Å². The standard InChI is InChI=1S/C22H20ClN5O4/c1-31-16-6-4-15(5-7-16)27-11-12-28-19(25-26-21(28)22(27)30)9-10-20(29)24-14-3-8-18(32-2)17(23)13-14/h3-8,11-13H,9-10H2,1-2H3,(H,24,29). The van der Waals surface area contributed by atoms with Gasteiger partial charge in [0, 0.05) is 36.6 Å². The van der Waals surface area contributed by atoms with Gasteiger partial charge in [-0.1, -0.05) is 11.6 Å². The number of aryl methyl sites for hydroxylation is 1. The zero-order valence-electron chi connectivity index (χ0n) is 17.4. The van der Waals surface area contributed by atoms with Crippen LogP contribution >= 0.6 is 11.6 Å². The number of aromatic nitrogens is 4. The van der Waals surface area contributed by atoms with Crippen molar-refractivity contribution in [3.8, 4) is 17.2 Å². The second-order valence-electron chi connectivity index (χ2n) is 6.88. The molecule has 4 rings (SSSR count). The molecule has 0 aliphatic heterocycles. The van der Waals surface area contributed by atoms with Gasteiger partial charge < -0.3 is 14.8 Å². The van der Waals surface area contributed by atoms with Crippen LogP contribution in [-0.4, -0.2) is 39.3 Å². The third kappa shape index (κ3) is 4.28. The number of hydrogen-bond acceptors (Lipinski definition) is 6. The fourth-order valence-corrected chi connectivity index (χ4v) is 3.50. The molecule has 4 aromatic rings. The Bertz CT molecular complexity index is 1330. The summed E-state index contributed by atoms with van der Waals surface area (Å²) in [5, 5.41) is 11.3. The number of halogens is 1. The zero-order chi connectivity index (χ0) is 22.7. The molecule has 2 aromatic heterocycles. The Labute approximate surface area is 188 Å². The molecule has 2 heterocycles. The van der Waals surface area contributed by atoms with Crippen molar-refractivity contribution in [3.05, 3.63) is 76.1 Å². The van der Waals surface area contributed by atoms with E-state index < -0.39 is 0 Å². The summed E-state index contributed by atoms with van der Waals surface area (Å²) in [6, 6.07) is 12.1. The summed E-state index contributed by atoms with van der Waals surface area (Å²) in [6.07, 6.45) is 3.82. The normalized spacial score (nSPS) is 10.8. The van der Waals surface area contributed by atoms with Crippen LogP contribution in [0.1, 0.15) is 12.2 Å². The van der Waals surface area contributed by atoms with E-state index in [4.69, 9.17) is 21.1 Å². The molecular weight excluding hydrogens is 434 g/mol. The van der Waals surface area contributed by atoms with E-state index in [2.05, 4.69) is 15.5 Å². The quantitative estimate of drug-likeness (QED) is 0.461. The van der Waals surface area contributed by atoms with Gasteiger partial charge in [0.25, 0.3) is 0 Å². The van der Waals surface area contributed by atoms with Crippen LogP contribution in [0.2, 0.25) is 5.02 Å². The van der Waals surface area contributed by atoms with Crippen molar-refractivity contribution >= 4 is 28.8 Å². The van der Waals surface area contributed by atoms with Crippen LogP contribution < -0.4 is 20.3 Å². The first kappa shape index (κ1) is 21.4. The molecule has 0 bridgehead atoms. The Morgan fingerprint density at radius 3 is 2.53 bits per heavy atom. The first-order chi connectivity index (χ1) is 15.5. The molecule has 0 saturated heterocycles. The number of amides is 1. The van der Waals surface area contributed by atoms with E-state index in [1.54, 1.807) is 66.4 Å². The van der Waals surface area contributed by atoms with Crippen LogP contribution in [0.4, 0.5) is 5.69 Å². The minimum absolute atomic E-state index is 0.159. The lowest BCUT2D eigenvalue weighted by molar-refractivity contribution is -0.116. The largest absolute Gasteiger partial charge is 0.497 e. The van der Waals surface area contributed by atoms with Crippen molar-refractivity contribution in [2.45, 2.75) is 12.8 Å². The third-order valence-corrected chi connectivity index (χ3v) is 5.20. The molecule has 0 aliphatic carbocycles. The van der Waals surface area contributed by atoms with Crippen molar-refractivity contribution < 1.29 is 14.3 Å². The molecule has 0 spiro atoms. The molecule has 0 fully saturated rings. The molecule has 0 radical (unpaired) electrons. The maximum atomic E-state index is 12.9. The van der Waals surface area contributed by atoms with Gasteiger partial charge in [-0.15, -0.1) is 10.2 Å². The highest BCUT2D eigenvalue weighted by Gasteiger charge is 2.13. The van der Waals surface area contributed by atoms with Crippen LogP contribution in [0.25, 0.3) is 11.3 Å². The van der Waals surface area contributed by atoms with Crippen molar-refractivity contribution in [1.29, 1.82) is 0 Å². The molecule has 32 heavy (non-hydrogen) atoms. The minimum Gasteiger partial charge on any atom is -0.497 e. The maximum Gasteiger partial charge on any atom is 0.300 e. The van der Waals surface area contributed by atoms with E-state index in [0.717, 1.165) is 0 Å². The Balaban J connectivity index is 1.48. The van der Waals surface area contributed by atoms with Crippen LogP contribution in [0.15, 0.2) is 59.7 Å². The SMILES string of the molecule is COc1ccc(-n2ccn3c(CCC(=O)Nc4ccc(OC)c(Cl)c4)nnc3c2=O)cc1. The Morgan fingerprint density at radius 2 is 1.84 bits per heavy atom. The molecule has 9 nitrogen and oxygen atoms in total. The minimum atomic E-state index is -0.311. The zero-order valence-corrected chi connectivity index (χ0v) is 18.2. The molecule has 1 amide bonds. The summed E-state index contributed by atoms with van der Waals surface area (Å²) >= 11 is 6.09. The van der Waals surface area contributed by atoms with Crippen molar-refractivity contribution in [2.75, 3.05) is 19.5 Å². The number of methoxy groups -OCH3 is 2. The molecule has 0 atom stereocenters. The molecule has 164 valence electrons. The number of ether oxygens (including phenoxy) is 2. The summed E-state index contributed by atoms with van der Waals surface area (Å²) in [4.78, 5) is 25.2. The number of benzene rings is 2. The van der Waals surface area contributed by atoms with Crippen LogP contribution in [0, 0.1) is 0 Å². The molecular formula is C22H20ClN5O4. The smallest absolute Gasteiger partial charge is 0.300 e. The summed E-state index contributed by atoms with van der Waals surface area (Å²) in [7, 11) is 3.10. The van der Waals surface area contributed by atoms with Crippen molar-refractivity contribution in [1.82, 2.24) is 19.2 Å². The van der Waals surface area contributed by atoms with Gasteiger partial charge in [0.2, 0.25) is 11.6 Å². The Kier molecular flexibility index (Phi) is 6.09. The molecule has 1 N–H and O–H groups in total. The molecule has 0 saturated carbocycles. The lowest BCUT2D eigenvalue weighted by atomic mass is 10.2. The summed E-state index contributed by atoms with van der Waals surface area (Å²) in [5.74, 6) is 1.53. The van der Waals surface area contributed by atoms with Gasteiger partial charge in [0.1, 0.15) is 17.3 Å². The predicted molar refractivity (Wildman–Crippen MR) is 120 cm³/mol. The lowest BCUT2D eigenvalue weighted by Gasteiger charge is -2.08. The van der Waals surface area contributed by atoms with Gasteiger partial charge in [-0.05, 0) is 42.5 Å². The molecule has 10 heteroatoms. The highest BCUT2D eigenvalue weighted by Crippen LogP contribution is 2.27. The fraction of sp³-hybridized carbons (Fsp3) is 0.182. The van der Waals surface area contributed by atoms with E-state index in [-0.39, 0.29) is 23.5 Å².